The minimum absolute atomic E-state index is 0.494. The predicted molar refractivity (Wildman–Crippen MR) is 71.3 cm³/mol. The summed E-state index contributed by atoms with van der Waals surface area (Å²) in [4.78, 5) is 0. The van der Waals surface area contributed by atoms with Crippen LogP contribution in [-0.4, -0.2) is 12.6 Å². The maximum Gasteiger partial charge on any atom is 0.00981 e. The zero-order chi connectivity index (χ0) is 12.0. The molecule has 92 valence electrons. The van der Waals surface area contributed by atoms with Crippen LogP contribution in [-0.2, 0) is 0 Å². The van der Waals surface area contributed by atoms with E-state index in [9.17, 15) is 0 Å². The highest BCUT2D eigenvalue weighted by Gasteiger charge is 2.29. The smallest absolute Gasteiger partial charge is 0.00981 e. The molecule has 0 spiro atoms. The molecule has 1 nitrogen and oxygen atoms in total. The van der Waals surface area contributed by atoms with Crippen molar-refractivity contribution in [2.45, 2.75) is 65.3 Å². The van der Waals surface area contributed by atoms with Gasteiger partial charge >= 0.3 is 0 Å². The average Bonchev–Trinajstić information content (AvgIpc) is 2.24. The van der Waals surface area contributed by atoms with E-state index in [4.69, 9.17) is 6.42 Å². The summed E-state index contributed by atoms with van der Waals surface area (Å²) in [6, 6.07) is 0.747. The molecule has 0 saturated heterocycles. The Bertz CT molecular complexity index is 223. The fourth-order valence-corrected chi connectivity index (χ4v) is 2.66. The predicted octanol–water partition coefficient (Wildman–Crippen LogP) is 3.59. The van der Waals surface area contributed by atoms with Gasteiger partial charge in [-0.25, -0.2) is 0 Å². The van der Waals surface area contributed by atoms with Crippen LogP contribution in [0.25, 0.3) is 0 Å². The first-order chi connectivity index (χ1) is 7.54. The number of unbranched alkanes of at least 4 members (excludes halogenated alkanes) is 1. The molecule has 0 amide bonds. The van der Waals surface area contributed by atoms with E-state index in [1.807, 2.05) is 0 Å². The summed E-state index contributed by atoms with van der Waals surface area (Å²) in [6.45, 7) is 8.21. The van der Waals surface area contributed by atoms with Crippen LogP contribution >= 0.6 is 0 Å². The van der Waals surface area contributed by atoms with Crippen LogP contribution < -0.4 is 5.32 Å². The van der Waals surface area contributed by atoms with E-state index in [1.54, 1.807) is 0 Å². The van der Waals surface area contributed by atoms with Gasteiger partial charge in [0.2, 0.25) is 0 Å². The molecule has 1 rings (SSSR count). The van der Waals surface area contributed by atoms with Crippen molar-refractivity contribution < 1.29 is 0 Å². The van der Waals surface area contributed by atoms with E-state index in [2.05, 4.69) is 32.0 Å². The van der Waals surface area contributed by atoms with Crippen molar-refractivity contribution in [2.24, 2.45) is 11.3 Å². The van der Waals surface area contributed by atoms with Gasteiger partial charge in [0.1, 0.15) is 0 Å². The highest BCUT2D eigenvalue weighted by atomic mass is 14.9. The van der Waals surface area contributed by atoms with Crippen LogP contribution in [0.2, 0.25) is 0 Å². The fourth-order valence-electron chi connectivity index (χ4n) is 2.66. The Kier molecular flexibility index (Phi) is 5.35. The van der Waals surface area contributed by atoms with Gasteiger partial charge in [-0.3, -0.25) is 0 Å². The summed E-state index contributed by atoms with van der Waals surface area (Å²) in [5.74, 6) is 3.61. The summed E-state index contributed by atoms with van der Waals surface area (Å²) in [5.41, 5.74) is 0.494. The summed E-state index contributed by atoms with van der Waals surface area (Å²) < 4.78 is 0. The molecule has 0 unspecified atom stereocenters. The number of hydrogen-bond donors (Lipinski definition) is 1. The first kappa shape index (κ1) is 13.6. The minimum Gasteiger partial charge on any atom is -0.314 e. The van der Waals surface area contributed by atoms with E-state index in [1.165, 1.54) is 25.7 Å². The molecule has 1 aliphatic rings. The Balaban J connectivity index is 2.15. The molecule has 0 aliphatic heterocycles. The molecule has 0 aromatic heterocycles. The molecule has 0 heterocycles. The maximum absolute atomic E-state index is 5.24. The van der Waals surface area contributed by atoms with E-state index in [-0.39, 0.29) is 0 Å². The molecule has 16 heavy (non-hydrogen) atoms. The maximum atomic E-state index is 5.24. The molecule has 1 saturated carbocycles. The molecule has 0 aromatic rings. The lowest BCUT2D eigenvalue weighted by atomic mass is 9.71. The molecule has 1 N–H and O–H groups in total. The van der Waals surface area contributed by atoms with Crippen molar-refractivity contribution in [3.8, 4) is 12.3 Å². The van der Waals surface area contributed by atoms with Gasteiger partial charge in [-0.15, -0.1) is 12.3 Å². The summed E-state index contributed by atoms with van der Waals surface area (Å²) in [6.07, 6.45) is 12.7. The van der Waals surface area contributed by atoms with Crippen LogP contribution in [0.4, 0.5) is 0 Å². The molecule has 0 radical (unpaired) electrons. The van der Waals surface area contributed by atoms with Gasteiger partial charge in [0.25, 0.3) is 0 Å². The first-order valence-electron chi connectivity index (χ1n) is 6.71. The van der Waals surface area contributed by atoms with Gasteiger partial charge in [-0.1, -0.05) is 20.8 Å². The number of terminal acetylenes is 1. The monoisotopic (exact) mass is 221 g/mol. The summed E-state index contributed by atoms with van der Waals surface area (Å²) in [5, 5.41) is 3.63. The average molecular weight is 221 g/mol. The molecule has 0 bridgehead atoms. The SMILES string of the molecule is C#CCCCNC1CCC(C(C)(C)C)CC1. The molecule has 0 atom stereocenters. The van der Waals surface area contributed by atoms with E-state index in [0.29, 0.717) is 5.41 Å². The zero-order valence-corrected chi connectivity index (χ0v) is 11.2. The van der Waals surface area contributed by atoms with Crippen molar-refractivity contribution in [1.29, 1.82) is 0 Å². The van der Waals surface area contributed by atoms with Crippen molar-refractivity contribution in [1.82, 2.24) is 5.32 Å². The Morgan fingerprint density at radius 2 is 1.81 bits per heavy atom. The van der Waals surface area contributed by atoms with Crippen molar-refractivity contribution in [3.63, 3.8) is 0 Å². The second-order valence-electron chi connectivity index (χ2n) is 6.18. The molecule has 0 aromatic carbocycles. The largest absolute Gasteiger partial charge is 0.314 e. The molecule has 1 heteroatoms. The third kappa shape index (κ3) is 4.58. The van der Waals surface area contributed by atoms with Gasteiger partial charge in [-0.05, 0) is 50.0 Å². The normalized spacial score (nSPS) is 26.4. The zero-order valence-electron chi connectivity index (χ0n) is 11.2. The quantitative estimate of drug-likeness (QED) is 0.565. The number of nitrogens with one attached hydrogen (secondary N) is 1. The third-order valence-electron chi connectivity index (χ3n) is 3.88. The van der Waals surface area contributed by atoms with Crippen molar-refractivity contribution in [2.75, 3.05) is 6.54 Å². The summed E-state index contributed by atoms with van der Waals surface area (Å²) in [7, 11) is 0. The highest BCUT2D eigenvalue weighted by Crippen LogP contribution is 2.37. The Morgan fingerprint density at radius 1 is 1.19 bits per heavy atom. The Hall–Kier alpha value is -0.480. The molecular formula is C15H27N. The van der Waals surface area contributed by atoms with Crippen LogP contribution in [0.5, 0.6) is 0 Å². The molecular weight excluding hydrogens is 194 g/mol. The van der Waals surface area contributed by atoms with Gasteiger partial charge in [0.05, 0.1) is 0 Å². The van der Waals surface area contributed by atoms with Crippen molar-refractivity contribution >= 4 is 0 Å². The van der Waals surface area contributed by atoms with Crippen LogP contribution in [0, 0.1) is 23.7 Å². The fraction of sp³-hybridized carbons (Fsp3) is 0.867. The number of hydrogen-bond acceptors (Lipinski definition) is 1. The van der Waals surface area contributed by atoms with Crippen molar-refractivity contribution in [3.05, 3.63) is 0 Å². The third-order valence-corrected chi connectivity index (χ3v) is 3.88. The van der Waals surface area contributed by atoms with E-state index < -0.39 is 0 Å². The molecule has 1 fully saturated rings. The topological polar surface area (TPSA) is 12.0 Å². The lowest BCUT2D eigenvalue weighted by Gasteiger charge is -2.37. The van der Waals surface area contributed by atoms with E-state index >= 15 is 0 Å². The van der Waals surface area contributed by atoms with Gasteiger partial charge < -0.3 is 5.32 Å². The highest BCUT2D eigenvalue weighted by molar-refractivity contribution is 4.85. The minimum atomic E-state index is 0.494. The van der Waals surface area contributed by atoms with Gasteiger partial charge in [0.15, 0.2) is 0 Å². The second kappa shape index (κ2) is 6.30. The molecule has 1 aliphatic carbocycles. The lowest BCUT2D eigenvalue weighted by molar-refractivity contribution is 0.160. The first-order valence-corrected chi connectivity index (χ1v) is 6.71. The second-order valence-corrected chi connectivity index (χ2v) is 6.18. The Labute approximate surface area is 101 Å². The summed E-state index contributed by atoms with van der Waals surface area (Å²) >= 11 is 0. The number of rotatable bonds is 4. The lowest BCUT2D eigenvalue weighted by Crippen LogP contribution is -2.36. The van der Waals surface area contributed by atoms with Gasteiger partial charge in [-0.2, -0.15) is 0 Å². The van der Waals surface area contributed by atoms with Gasteiger partial charge in [0, 0.05) is 12.5 Å². The van der Waals surface area contributed by atoms with E-state index in [0.717, 1.165) is 31.3 Å². The van der Waals surface area contributed by atoms with Crippen LogP contribution in [0.3, 0.4) is 0 Å². The van der Waals surface area contributed by atoms with Crippen LogP contribution in [0.15, 0.2) is 0 Å². The Morgan fingerprint density at radius 3 is 2.31 bits per heavy atom. The standard InChI is InChI=1S/C15H27N/c1-5-6-7-12-16-14-10-8-13(9-11-14)15(2,3)4/h1,13-14,16H,6-12H2,2-4H3. The van der Waals surface area contributed by atoms with Crippen LogP contribution in [0.1, 0.15) is 59.3 Å².